The van der Waals surface area contributed by atoms with Crippen molar-refractivity contribution in [1.29, 1.82) is 0 Å². The van der Waals surface area contributed by atoms with Crippen molar-refractivity contribution in [2.75, 3.05) is 6.61 Å². The van der Waals surface area contributed by atoms with Gasteiger partial charge >= 0.3 is 5.97 Å². The maximum atomic E-state index is 12.9. The molecule has 3 aromatic rings. The number of rotatable bonds is 10. The molecular weight excluding hydrogens is 428 g/mol. The standard InChI is InChI=1S/C23H30N4O4S/c1-5-12-31-23(28)21(13-15(2)3)27-32(29,30)18-8-6-17(7-9-18)14-20-22-19(10-11-24-20)25-16(4)26-22/h6-11,15,21,27H,5,12-14H2,1-4H3,(H,25,26)/t21-/m0/s1. The Morgan fingerprint density at radius 3 is 2.56 bits per heavy atom. The summed E-state index contributed by atoms with van der Waals surface area (Å²) in [5.74, 6) is 0.394. The lowest BCUT2D eigenvalue weighted by Gasteiger charge is -2.19. The Kier molecular flexibility index (Phi) is 7.63. The number of benzene rings is 1. The molecule has 3 rings (SSSR count). The number of carbonyl (C=O) groups excluding carboxylic acids is 1. The maximum absolute atomic E-state index is 12.9. The highest BCUT2D eigenvalue weighted by molar-refractivity contribution is 7.89. The number of aromatic amines is 1. The Bertz CT molecular complexity index is 1170. The SMILES string of the molecule is CCCOC(=O)[C@H](CC(C)C)NS(=O)(=O)c1ccc(Cc2nccc3nc(C)[nH]c23)cc1. The van der Waals surface area contributed by atoms with Gasteiger partial charge in [-0.1, -0.05) is 32.9 Å². The van der Waals surface area contributed by atoms with E-state index in [-0.39, 0.29) is 17.4 Å². The molecule has 2 heterocycles. The van der Waals surface area contributed by atoms with E-state index in [9.17, 15) is 13.2 Å². The van der Waals surface area contributed by atoms with Crippen LogP contribution < -0.4 is 4.72 Å². The zero-order valence-corrected chi connectivity index (χ0v) is 19.7. The van der Waals surface area contributed by atoms with Crippen LogP contribution in [0.4, 0.5) is 0 Å². The summed E-state index contributed by atoms with van der Waals surface area (Å²) < 4.78 is 33.5. The van der Waals surface area contributed by atoms with Gasteiger partial charge in [0.1, 0.15) is 11.9 Å². The van der Waals surface area contributed by atoms with Gasteiger partial charge in [-0.2, -0.15) is 4.72 Å². The highest BCUT2D eigenvalue weighted by atomic mass is 32.2. The van der Waals surface area contributed by atoms with Crippen molar-refractivity contribution in [3.05, 3.63) is 53.6 Å². The van der Waals surface area contributed by atoms with Crippen LogP contribution in [0.3, 0.4) is 0 Å². The van der Waals surface area contributed by atoms with Gasteiger partial charge in [0.05, 0.1) is 28.2 Å². The van der Waals surface area contributed by atoms with E-state index < -0.39 is 22.0 Å². The van der Waals surface area contributed by atoms with Crippen LogP contribution in [0.1, 0.15) is 50.7 Å². The molecule has 0 radical (unpaired) electrons. The zero-order chi connectivity index (χ0) is 23.3. The molecule has 0 fully saturated rings. The molecule has 32 heavy (non-hydrogen) atoms. The van der Waals surface area contributed by atoms with Gasteiger partial charge in [-0.15, -0.1) is 0 Å². The average Bonchev–Trinajstić information content (AvgIpc) is 3.12. The third-order valence-electron chi connectivity index (χ3n) is 4.94. The van der Waals surface area contributed by atoms with Crippen LogP contribution in [-0.2, 0) is 26.0 Å². The van der Waals surface area contributed by atoms with Gasteiger partial charge in [0.25, 0.3) is 0 Å². The van der Waals surface area contributed by atoms with Crippen molar-refractivity contribution >= 4 is 27.0 Å². The monoisotopic (exact) mass is 458 g/mol. The van der Waals surface area contributed by atoms with Crippen LogP contribution >= 0.6 is 0 Å². The maximum Gasteiger partial charge on any atom is 0.324 e. The van der Waals surface area contributed by atoms with Crippen LogP contribution in [0.25, 0.3) is 11.0 Å². The first-order chi connectivity index (χ1) is 15.2. The largest absolute Gasteiger partial charge is 0.465 e. The highest BCUT2D eigenvalue weighted by Crippen LogP contribution is 2.19. The molecule has 1 aromatic carbocycles. The highest BCUT2D eigenvalue weighted by Gasteiger charge is 2.27. The summed E-state index contributed by atoms with van der Waals surface area (Å²) in [4.78, 5) is 24.5. The molecule has 0 saturated heterocycles. The van der Waals surface area contributed by atoms with Crippen molar-refractivity contribution in [3.8, 4) is 0 Å². The molecule has 0 bridgehead atoms. The third-order valence-corrected chi connectivity index (χ3v) is 6.43. The van der Waals surface area contributed by atoms with Gasteiger partial charge in [0.15, 0.2) is 0 Å². The number of nitrogens with zero attached hydrogens (tertiary/aromatic N) is 2. The van der Waals surface area contributed by atoms with Crippen LogP contribution in [0, 0.1) is 12.8 Å². The fourth-order valence-electron chi connectivity index (χ4n) is 3.45. The van der Waals surface area contributed by atoms with Gasteiger partial charge in [0.2, 0.25) is 10.0 Å². The number of hydrogen-bond acceptors (Lipinski definition) is 6. The summed E-state index contributed by atoms with van der Waals surface area (Å²) in [7, 11) is -3.88. The van der Waals surface area contributed by atoms with E-state index in [4.69, 9.17) is 4.74 Å². The lowest BCUT2D eigenvalue weighted by atomic mass is 10.1. The molecule has 0 aliphatic carbocycles. The summed E-state index contributed by atoms with van der Waals surface area (Å²) in [5, 5.41) is 0. The number of aromatic nitrogens is 3. The second-order valence-corrected chi connectivity index (χ2v) is 9.98. The second kappa shape index (κ2) is 10.2. The number of carbonyl (C=O) groups is 1. The lowest BCUT2D eigenvalue weighted by molar-refractivity contribution is -0.146. The summed E-state index contributed by atoms with van der Waals surface area (Å²) in [5.41, 5.74) is 3.48. The Morgan fingerprint density at radius 2 is 1.91 bits per heavy atom. The number of sulfonamides is 1. The predicted octanol–water partition coefficient (Wildman–Crippen LogP) is 3.50. The molecule has 9 heteroatoms. The number of ether oxygens (including phenoxy) is 1. The number of pyridine rings is 1. The van der Waals surface area contributed by atoms with Crippen molar-refractivity contribution < 1.29 is 17.9 Å². The molecule has 8 nitrogen and oxygen atoms in total. The summed E-state index contributed by atoms with van der Waals surface area (Å²) in [6.07, 6.45) is 3.29. The van der Waals surface area contributed by atoms with Gasteiger partial charge in [0, 0.05) is 12.6 Å². The Hall–Kier alpha value is -2.78. The van der Waals surface area contributed by atoms with Crippen LogP contribution in [0.2, 0.25) is 0 Å². The average molecular weight is 459 g/mol. The molecule has 2 aromatic heterocycles. The fraction of sp³-hybridized carbons (Fsp3) is 0.435. The molecule has 1 atom stereocenters. The quantitative estimate of drug-likeness (QED) is 0.450. The minimum Gasteiger partial charge on any atom is -0.465 e. The van der Waals surface area contributed by atoms with Crippen molar-refractivity contribution in [2.24, 2.45) is 5.92 Å². The summed E-state index contributed by atoms with van der Waals surface area (Å²) >= 11 is 0. The number of hydrogen-bond donors (Lipinski definition) is 2. The van der Waals surface area contributed by atoms with E-state index >= 15 is 0 Å². The van der Waals surface area contributed by atoms with Crippen LogP contribution in [0.15, 0.2) is 41.4 Å². The minimum absolute atomic E-state index is 0.0989. The van der Waals surface area contributed by atoms with E-state index in [0.717, 1.165) is 28.1 Å². The van der Waals surface area contributed by atoms with Crippen LogP contribution in [0.5, 0.6) is 0 Å². The van der Waals surface area contributed by atoms with E-state index in [1.807, 2.05) is 33.8 Å². The van der Waals surface area contributed by atoms with E-state index in [1.54, 1.807) is 30.5 Å². The summed E-state index contributed by atoms with van der Waals surface area (Å²) in [6.45, 7) is 7.90. The smallest absolute Gasteiger partial charge is 0.324 e. The van der Waals surface area contributed by atoms with Crippen molar-refractivity contribution in [1.82, 2.24) is 19.7 Å². The Morgan fingerprint density at radius 1 is 1.19 bits per heavy atom. The van der Waals surface area contributed by atoms with E-state index in [2.05, 4.69) is 19.7 Å². The van der Waals surface area contributed by atoms with Crippen molar-refractivity contribution in [3.63, 3.8) is 0 Å². The number of nitrogens with one attached hydrogen (secondary N) is 2. The molecule has 0 aliphatic heterocycles. The van der Waals surface area contributed by atoms with Gasteiger partial charge in [-0.3, -0.25) is 9.78 Å². The first kappa shape index (κ1) is 23.9. The second-order valence-electron chi connectivity index (χ2n) is 8.27. The molecule has 0 spiro atoms. The molecule has 172 valence electrons. The fourth-order valence-corrected chi connectivity index (χ4v) is 4.65. The number of fused-ring (bicyclic) bond motifs is 1. The minimum atomic E-state index is -3.88. The summed E-state index contributed by atoms with van der Waals surface area (Å²) in [6, 6.07) is 7.52. The first-order valence-electron chi connectivity index (χ1n) is 10.8. The van der Waals surface area contributed by atoms with E-state index in [0.29, 0.717) is 19.3 Å². The molecule has 2 N–H and O–H groups in total. The zero-order valence-electron chi connectivity index (χ0n) is 18.9. The van der Waals surface area contributed by atoms with Gasteiger partial charge < -0.3 is 9.72 Å². The van der Waals surface area contributed by atoms with Gasteiger partial charge in [-0.05, 0) is 49.4 Å². The molecule has 0 amide bonds. The predicted molar refractivity (Wildman–Crippen MR) is 123 cm³/mol. The molecular formula is C23H30N4O4S. The van der Waals surface area contributed by atoms with Crippen LogP contribution in [-0.4, -0.2) is 42.0 Å². The third kappa shape index (κ3) is 5.92. The molecule has 0 unspecified atom stereocenters. The topological polar surface area (TPSA) is 114 Å². The first-order valence-corrected chi connectivity index (χ1v) is 12.3. The van der Waals surface area contributed by atoms with Gasteiger partial charge in [-0.25, -0.2) is 13.4 Å². The normalized spacial score (nSPS) is 12.9. The molecule has 0 saturated carbocycles. The number of H-pyrrole nitrogens is 1. The Labute approximate surface area is 188 Å². The Balaban J connectivity index is 1.76. The number of esters is 1. The number of imidazole rings is 1. The number of aryl methyl sites for hydroxylation is 1. The molecule has 0 aliphatic rings. The van der Waals surface area contributed by atoms with E-state index in [1.165, 1.54) is 0 Å². The lowest BCUT2D eigenvalue weighted by Crippen LogP contribution is -2.42. The van der Waals surface area contributed by atoms with Crippen molar-refractivity contribution in [2.45, 2.75) is 57.9 Å².